The molecule has 0 aliphatic heterocycles. The standard InChI is InChI=1S/C27H46O3/c1-18(2)7-6-8-19(3)22-9-10-23-21(13-16-28)24(12-15-26(22,23)4)27(5)14-11-20(29)17-25(27)30/h16,18-24,29H,6-15,17H2,1-5H3/t19-,20+,21+,22-,23-,24+,26-,27-/m1/s1. The molecule has 3 rings (SSSR count). The monoisotopic (exact) mass is 418 g/mol. The van der Waals surface area contributed by atoms with E-state index in [9.17, 15) is 14.7 Å². The van der Waals surface area contributed by atoms with E-state index < -0.39 is 6.10 Å². The fraction of sp³-hybridized carbons (Fsp3) is 0.926. The molecule has 0 aromatic rings. The summed E-state index contributed by atoms with van der Waals surface area (Å²) >= 11 is 0. The van der Waals surface area contributed by atoms with E-state index >= 15 is 0 Å². The Morgan fingerprint density at radius 1 is 1.03 bits per heavy atom. The highest BCUT2D eigenvalue weighted by Gasteiger charge is 2.58. The molecule has 0 amide bonds. The fourth-order valence-electron chi connectivity index (χ4n) is 8.09. The molecule has 0 bridgehead atoms. The van der Waals surface area contributed by atoms with Crippen molar-refractivity contribution in [2.45, 2.75) is 111 Å². The Morgan fingerprint density at radius 3 is 2.40 bits per heavy atom. The van der Waals surface area contributed by atoms with Gasteiger partial charge in [0.25, 0.3) is 0 Å². The van der Waals surface area contributed by atoms with Gasteiger partial charge in [0.1, 0.15) is 12.1 Å². The summed E-state index contributed by atoms with van der Waals surface area (Å²) in [7, 11) is 0. The topological polar surface area (TPSA) is 54.4 Å². The van der Waals surface area contributed by atoms with Crippen LogP contribution in [0.25, 0.3) is 0 Å². The molecule has 3 aliphatic carbocycles. The Labute approximate surface area is 184 Å². The third-order valence-electron chi connectivity index (χ3n) is 9.88. The second kappa shape index (κ2) is 9.43. The van der Waals surface area contributed by atoms with Crippen LogP contribution in [0.3, 0.4) is 0 Å². The summed E-state index contributed by atoms with van der Waals surface area (Å²) in [5, 5.41) is 9.99. The van der Waals surface area contributed by atoms with Crippen LogP contribution in [0.5, 0.6) is 0 Å². The first-order valence-corrected chi connectivity index (χ1v) is 12.8. The number of aliphatic hydroxyl groups excluding tert-OH is 1. The average molecular weight is 419 g/mol. The molecule has 0 unspecified atom stereocenters. The maximum Gasteiger partial charge on any atom is 0.141 e. The van der Waals surface area contributed by atoms with Crippen molar-refractivity contribution < 1.29 is 14.7 Å². The lowest BCUT2D eigenvalue weighted by molar-refractivity contribution is -0.146. The van der Waals surface area contributed by atoms with Gasteiger partial charge in [0, 0.05) is 18.3 Å². The molecule has 3 heteroatoms. The van der Waals surface area contributed by atoms with Crippen LogP contribution in [0.2, 0.25) is 0 Å². The van der Waals surface area contributed by atoms with Gasteiger partial charge in [0.15, 0.2) is 0 Å². The van der Waals surface area contributed by atoms with Crippen LogP contribution >= 0.6 is 0 Å². The van der Waals surface area contributed by atoms with E-state index in [-0.39, 0.29) is 11.2 Å². The number of hydrogen-bond donors (Lipinski definition) is 1. The van der Waals surface area contributed by atoms with E-state index in [2.05, 4.69) is 34.6 Å². The molecule has 0 spiro atoms. The van der Waals surface area contributed by atoms with Crippen LogP contribution in [0.4, 0.5) is 0 Å². The Bertz CT molecular complexity index is 613. The van der Waals surface area contributed by atoms with E-state index in [4.69, 9.17) is 0 Å². The first-order chi connectivity index (χ1) is 14.1. The molecular weight excluding hydrogens is 372 g/mol. The third-order valence-corrected chi connectivity index (χ3v) is 9.88. The first-order valence-electron chi connectivity index (χ1n) is 12.8. The lowest BCUT2D eigenvalue weighted by Gasteiger charge is -2.54. The maximum absolute atomic E-state index is 13.0. The quantitative estimate of drug-likeness (QED) is 0.476. The minimum Gasteiger partial charge on any atom is -0.393 e. The fourth-order valence-corrected chi connectivity index (χ4v) is 8.09. The zero-order valence-corrected chi connectivity index (χ0v) is 20.2. The van der Waals surface area contributed by atoms with Crippen LogP contribution in [0, 0.1) is 46.3 Å². The lowest BCUT2D eigenvalue weighted by atomic mass is 9.49. The molecule has 0 aromatic carbocycles. The van der Waals surface area contributed by atoms with E-state index in [1.807, 2.05) is 0 Å². The van der Waals surface area contributed by atoms with Crippen molar-refractivity contribution in [2.75, 3.05) is 0 Å². The first kappa shape index (κ1) is 24.0. The van der Waals surface area contributed by atoms with Crippen LogP contribution < -0.4 is 0 Å². The van der Waals surface area contributed by atoms with Crippen LogP contribution in [0.1, 0.15) is 105 Å². The number of carbonyl (C=O) groups is 2. The summed E-state index contributed by atoms with van der Waals surface area (Å²) < 4.78 is 0. The summed E-state index contributed by atoms with van der Waals surface area (Å²) in [5.74, 6) is 3.71. The molecule has 1 N–H and O–H groups in total. The maximum atomic E-state index is 13.0. The van der Waals surface area contributed by atoms with E-state index in [1.54, 1.807) is 0 Å². The SMILES string of the molecule is CC(C)CCC[C@@H](C)[C@H]1CC[C@@H]2[C@H](CC=O)[C@@H]([C@@]3(C)CC[C@H](O)CC3=O)CC[C@@]21C. The van der Waals surface area contributed by atoms with Gasteiger partial charge in [-0.15, -0.1) is 0 Å². The Morgan fingerprint density at radius 2 is 1.77 bits per heavy atom. The number of Topliss-reactive ketones (excluding diaryl/α,β-unsaturated/α-hetero) is 1. The molecule has 172 valence electrons. The number of aldehydes is 1. The molecular formula is C27H46O3. The van der Waals surface area contributed by atoms with Crippen molar-refractivity contribution in [2.24, 2.45) is 46.3 Å². The highest BCUT2D eigenvalue weighted by Crippen LogP contribution is 2.64. The van der Waals surface area contributed by atoms with Crippen LogP contribution in [-0.2, 0) is 9.59 Å². The van der Waals surface area contributed by atoms with Gasteiger partial charge in [-0.1, -0.05) is 53.9 Å². The van der Waals surface area contributed by atoms with Gasteiger partial charge >= 0.3 is 0 Å². The van der Waals surface area contributed by atoms with Crippen molar-refractivity contribution in [3.8, 4) is 0 Å². The minimum absolute atomic E-state index is 0.238. The van der Waals surface area contributed by atoms with E-state index in [0.29, 0.717) is 36.0 Å². The van der Waals surface area contributed by atoms with Crippen molar-refractivity contribution in [1.29, 1.82) is 0 Å². The highest BCUT2D eigenvalue weighted by molar-refractivity contribution is 5.86. The van der Waals surface area contributed by atoms with Crippen LogP contribution in [0.15, 0.2) is 0 Å². The van der Waals surface area contributed by atoms with Gasteiger partial charge in [-0.05, 0) is 79.4 Å². The second-order valence-electron chi connectivity index (χ2n) is 12.0. The molecule has 3 fully saturated rings. The molecule has 3 aliphatic rings. The number of fused-ring (bicyclic) bond motifs is 1. The minimum atomic E-state index is -0.466. The predicted octanol–water partition coefficient (Wildman–Crippen LogP) is 6.22. The average Bonchev–Trinajstić information content (AvgIpc) is 3.02. The number of hydrogen-bond acceptors (Lipinski definition) is 3. The molecule has 8 atom stereocenters. The van der Waals surface area contributed by atoms with Crippen molar-refractivity contribution in [1.82, 2.24) is 0 Å². The highest BCUT2D eigenvalue weighted by atomic mass is 16.3. The molecule has 0 saturated heterocycles. The third kappa shape index (κ3) is 4.43. The molecule has 3 nitrogen and oxygen atoms in total. The summed E-state index contributed by atoms with van der Waals surface area (Å²) in [5.41, 5.74) is -0.0375. The van der Waals surface area contributed by atoms with Crippen molar-refractivity contribution >= 4 is 12.1 Å². The lowest BCUT2D eigenvalue weighted by Crippen LogP contribution is -2.51. The summed E-state index contributed by atoms with van der Waals surface area (Å²) in [6, 6.07) is 0. The Kier molecular flexibility index (Phi) is 7.53. The number of rotatable bonds is 8. The van der Waals surface area contributed by atoms with Gasteiger partial charge in [-0.3, -0.25) is 4.79 Å². The molecule has 0 radical (unpaired) electrons. The predicted molar refractivity (Wildman–Crippen MR) is 122 cm³/mol. The van der Waals surface area contributed by atoms with Gasteiger partial charge in [0.05, 0.1) is 6.10 Å². The van der Waals surface area contributed by atoms with Gasteiger partial charge in [-0.2, -0.15) is 0 Å². The zero-order valence-electron chi connectivity index (χ0n) is 20.2. The van der Waals surface area contributed by atoms with Gasteiger partial charge < -0.3 is 9.90 Å². The number of ketones is 1. The molecule has 0 aromatic heterocycles. The summed E-state index contributed by atoms with van der Waals surface area (Å²) in [6.45, 7) is 11.8. The van der Waals surface area contributed by atoms with E-state index in [1.165, 1.54) is 38.5 Å². The summed E-state index contributed by atoms with van der Waals surface area (Å²) in [6.07, 6.45) is 11.8. The number of carbonyl (C=O) groups excluding carboxylic acids is 2. The van der Waals surface area contributed by atoms with E-state index in [0.717, 1.165) is 43.3 Å². The number of aliphatic hydroxyl groups is 1. The zero-order chi connectivity index (χ0) is 22.1. The van der Waals surface area contributed by atoms with Crippen molar-refractivity contribution in [3.63, 3.8) is 0 Å². The summed E-state index contributed by atoms with van der Waals surface area (Å²) in [4.78, 5) is 24.8. The molecule has 3 saturated carbocycles. The van der Waals surface area contributed by atoms with Crippen molar-refractivity contribution in [3.05, 3.63) is 0 Å². The largest absolute Gasteiger partial charge is 0.393 e. The van der Waals surface area contributed by atoms with Gasteiger partial charge in [-0.25, -0.2) is 0 Å². The normalized spacial score (nSPS) is 42.9. The van der Waals surface area contributed by atoms with Crippen LogP contribution in [-0.4, -0.2) is 23.3 Å². The second-order valence-corrected chi connectivity index (χ2v) is 12.0. The molecule has 30 heavy (non-hydrogen) atoms. The smallest absolute Gasteiger partial charge is 0.141 e. The van der Waals surface area contributed by atoms with Gasteiger partial charge in [0.2, 0.25) is 0 Å². The Hall–Kier alpha value is -0.700. The Balaban J connectivity index is 1.77. The molecule has 0 heterocycles.